The van der Waals surface area contributed by atoms with E-state index >= 15 is 0 Å². The highest BCUT2D eigenvalue weighted by molar-refractivity contribution is 5.37. The van der Waals surface area contributed by atoms with Gasteiger partial charge >= 0.3 is 0 Å². The summed E-state index contributed by atoms with van der Waals surface area (Å²) in [5.41, 5.74) is 0. The van der Waals surface area contributed by atoms with Gasteiger partial charge in [-0.3, -0.25) is 14.5 Å². The SMILES string of the molecule is C=NC.CC.CCCCCCCC(CCCCCC)OC=O.CCCCCCCCCOC=O.CCCCCCCCN(CCCCCCCC)CCCNCN(C)C.CO. The van der Waals surface area contributed by atoms with Crippen molar-refractivity contribution in [1.29, 1.82) is 0 Å². The summed E-state index contributed by atoms with van der Waals surface area (Å²) in [6.07, 6.45) is 40.7. The standard InChI is InChI=1S/C22H49N3.C15H30O2.C10H20O2.C2H5N.C2H6.CH4O/c1-5-7-9-11-13-15-19-25(20-16-14-12-10-8-6-2)21-17-18-23-22-24(3)4;1-3-5-7-9-11-13-15(17-14-16)12-10-8-6-4-2;1-2-3-4-5-6-7-8-9-12-10-11;1-3-2;2*1-2/h23H,5-22H2,1-4H3;14-15H,3-13H2,1-2H3;10H,2-9H2,1H3;1H2,2H3;1-2H3;2H,1H3. The van der Waals surface area contributed by atoms with Crippen LogP contribution in [0, 0.1) is 0 Å². The maximum Gasteiger partial charge on any atom is 0.293 e. The molecule has 2 N–H and O–H groups in total. The van der Waals surface area contributed by atoms with Crippen molar-refractivity contribution in [3.8, 4) is 0 Å². The number of hydrogen-bond donors (Lipinski definition) is 2. The zero-order chi connectivity index (χ0) is 47.1. The minimum Gasteiger partial charge on any atom is -0.468 e. The van der Waals surface area contributed by atoms with E-state index in [4.69, 9.17) is 9.84 Å². The highest BCUT2D eigenvalue weighted by Gasteiger charge is 2.08. The van der Waals surface area contributed by atoms with Gasteiger partial charge in [0.2, 0.25) is 0 Å². The quantitative estimate of drug-likeness (QED) is 0.0270. The zero-order valence-electron chi connectivity index (χ0n) is 43.5. The Balaban J connectivity index is -0.000000182. The average Bonchev–Trinajstić information content (AvgIpc) is 3.27. The lowest BCUT2D eigenvalue weighted by molar-refractivity contribution is -0.134. The number of carbonyl (C=O) groups excluding carboxylic acids is 2. The number of nitrogens with one attached hydrogen (secondary N) is 1. The lowest BCUT2D eigenvalue weighted by Crippen LogP contribution is -2.32. The Labute approximate surface area is 384 Å². The van der Waals surface area contributed by atoms with Gasteiger partial charge < -0.3 is 29.8 Å². The highest BCUT2D eigenvalue weighted by Crippen LogP contribution is 2.15. The first-order valence-corrected chi connectivity index (χ1v) is 25.9. The fourth-order valence-electron chi connectivity index (χ4n) is 6.62. The molecule has 1 unspecified atom stereocenters. The third-order valence-electron chi connectivity index (χ3n) is 10.1. The largest absolute Gasteiger partial charge is 0.468 e. The molecule has 9 nitrogen and oxygen atoms in total. The van der Waals surface area contributed by atoms with Crippen LogP contribution < -0.4 is 5.32 Å². The normalized spacial score (nSPS) is 10.6. The van der Waals surface area contributed by atoms with Crippen molar-refractivity contribution in [2.24, 2.45) is 4.99 Å². The summed E-state index contributed by atoms with van der Waals surface area (Å²) in [4.78, 5) is 28.4. The Kier molecular flexibility index (Phi) is 88.3. The Bertz CT molecular complexity index is 701. The molecule has 0 aromatic carbocycles. The number of aliphatic hydroxyl groups excluding tert-OH is 1. The van der Waals surface area contributed by atoms with Gasteiger partial charge in [0.15, 0.2) is 0 Å². The molecule has 0 aromatic heterocycles. The molecule has 0 saturated heterocycles. The molecule has 0 fully saturated rings. The van der Waals surface area contributed by atoms with Crippen LogP contribution in [0.25, 0.3) is 0 Å². The average molecular weight is 876 g/mol. The van der Waals surface area contributed by atoms with E-state index < -0.39 is 0 Å². The summed E-state index contributed by atoms with van der Waals surface area (Å²) < 4.78 is 9.73. The van der Waals surface area contributed by atoms with Crippen LogP contribution in [0.5, 0.6) is 0 Å². The number of unbranched alkanes of at least 4 members (excludes halogenated alkanes) is 23. The smallest absolute Gasteiger partial charge is 0.293 e. The van der Waals surface area contributed by atoms with E-state index in [9.17, 15) is 9.59 Å². The van der Waals surface area contributed by atoms with Crippen molar-refractivity contribution < 1.29 is 24.2 Å². The summed E-state index contributed by atoms with van der Waals surface area (Å²) in [7, 11) is 6.88. The van der Waals surface area contributed by atoms with Gasteiger partial charge in [-0.15, -0.1) is 0 Å². The van der Waals surface area contributed by atoms with Crippen molar-refractivity contribution in [3.63, 3.8) is 0 Å². The Morgan fingerprint density at radius 3 is 1.23 bits per heavy atom. The predicted molar refractivity (Wildman–Crippen MR) is 272 cm³/mol. The van der Waals surface area contributed by atoms with E-state index in [0.29, 0.717) is 19.6 Å². The van der Waals surface area contributed by atoms with Crippen molar-refractivity contribution in [1.82, 2.24) is 15.1 Å². The van der Waals surface area contributed by atoms with Crippen molar-refractivity contribution in [2.75, 3.05) is 67.7 Å². The second-order valence-electron chi connectivity index (χ2n) is 16.3. The van der Waals surface area contributed by atoms with Gasteiger partial charge in [-0.25, -0.2) is 0 Å². The minimum atomic E-state index is 0.172. The lowest BCUT2D eigenvalue weighted by Gasteiger charge is -2.23. The topological polar surface area (TPSA) is 104 Å². The second kappa shape index (κ2) is 75.8. The molecule has 61 heavy (non-hydrogen) atoms. The van der Waals surface area contributed by atoms with Crippen LogP contribution in [-0.2, 0) is 19.1 Å². The first-order chi connectivity index (χ1) is 29.9. The molecule has 0 aliphatic heterocycles. The van der Waals surface area contributed by atoms with E-state index in [0.717, 1.165) is 39.6 Å². The first-order valence-electron chi connectivity index (χ1n) is 25.9. The number of rotatable bonds is 42. The van der Waals surface area contributed by atoms with E-state index in [1.54, 1.807) is 7.05 Å². The molecule has 0 rings (SSSR count). The molecule has 9 heteroatoms. The van der Waals surface area contributed by atoms with Crippen molar-refractivity contribution in [3.05, 3.63) is 0 Å². The summed E-state index contributed by atoms with van der Waals surface area (Å²) >= 11 is 0. The van der Waals surface area contributed by atoms with Crippen LogP contribution in [-0.4, -0.2) is 108 Å². The monoisotopic (exact) mass is 875 g/mol. The molecule has 1 atom stereocenters. The molecule has 0 saturated carbocycles. The minimum absolute atomic E-state index is 0.172. The lowest BCUT2D eigenvalue weighted by atomic mass is 10.0. The van der Waals surface area contributed by atoms with Gasteiger partial charge in [0.25, 0.3) is 12.9 Å². The Morgan fingerprint density at radius 2 is 0.869 bits per heavy atom. The van der Waals surface area contributed by atoms with Crippen LogP contribution in [0.1, 0.15) is 248 Å². The Hall–Kier alpha value is -1.55. The van der Waals surface area contributed by atoms with Crippen LogP contribution in [0.3, 0.4) is 0 Å². The fraction of sp³-hybridized carbons (Fsp3) is 0.942. The van der Waals surface area contributed by atoms with Gasteiger partial charge in [0.1, 0.15) is 6.10 Å². The van der Waals surface area contributed by atoms with E-state index in [2.05, 4.69) is 80.3 Å². The second-order valence-corrected chi connectivity index (χ2v) is 16.3. The predicted octanol–water partition coefficient (Wildman–Crippen LogP) is 14.2. The van der Waals surface area contributed by atoms with Gasteiger partial charge in [-0.05, 0) is 98.4 Å². The molecular weight excluding hydrogens is 761 g/mol. The molecule has 0 aromatic rings. The van der Waals surface area contributed by atoms with Gasteiger partial charge in [0.05, 0.1) is 6.61 Å². The summed E-state index contributed by atoms with van der Waals surface area (Å²) in [6, 6.07) is 0. The third kappa shape index (κ3) is 82.7. The van der Waals surface area contributed by atoms with Crippen LogP contribution >= 0.6 is 0 Å². The first kappa shape index (κ1) is 71.1. The molecule has 0 heterocycles. The summed E-state index contributed by atoms with van der Waals surface area (Å²) in [5, 5.41) is 10.5. The molecule has 0 bridgehead atoms. The van der Waals surface area contributed by atoms with Gasteiger partial charge in [0, 0.05) is 20.8 Å². The van der Waals surface area contributed by atoms with E-state index in [1.807, 2.05) is 13.8 Å². The van der Waals surface area contributed by atoms with Crippen LogP contribution in [0.15, 0.2) is 4.99 Å². The zero-order valence-corrected chi connectivity index (χ0v) is 43.5. The number of carbonyl (C=O) groups is 2. The molecule has 0 spiro atoms. The summed E-state index contributed by atoms with van der Waals surface area (Å²) in [5.74, 6) is 0. The van der Waals surface area contributed by atoms with E-state index in [1.165, 1.54) is 199 Å². The van der Waals surface area contributed by atoms with Gasteiger partial charge in [-0.1, -0.05) is 196 Å². The fourth-order valence-corrected chi connectivity index (χ4v) is 6.62. The summed E-state index contributed by atoms with van der Waals surface area (Å²) in [6.45, 7) is 26.1. The number of hydrogen-bond acceptors (Lipinski definition) is 9. The third-order valence-corrected chi connectivity index (χ3v) is 10.1. The van der Waals surface area contributed by atoms with Crippen molar-refractivity contribution in [2.45, 2.75) is 254 Å². The number of aliphatic imine (C=N–C) groups is 1. The molecular formula is C52H114N4O5. The molecule has 372 valence electrons. The van der Waals surface area contributed by atoms with Crippen molar-refractivity contribution >= 4 is 19.7 Å². The number of nitrogens with zero attached hydrogens (tertiary/aromatic N) is 3. The maximum absolute atomic E-state index is 10.4. The Morgan fingerprint density at radius 1 is 0.541 bits per heavy atom. The van der Waals surface area contributed by atoms with Crippen LogP contribution in [0.2, 0.25) is 0 Å². The number of aliphatic hydroxyl groups is 1. The molecule has 0 amide bonds. The number of ether oxygens (including phenoxy) is 2. The molecule has 0 aliphatic rings. The molecule has 0 aliphatic carbocycles. The van der Waals surface area contributed by atoms with Gasteiger partial charge in [-0.2, -0.15) is 0 Å². The molecule has 0 radical (unpaired) electrons. The highest BCUT2D eigenvalue weighted by atomic mass is 16.5. The van der Waals surface area contributed by atoms with E-state index in [-0.39, 0.29) is 6.10 Å². The maximum atomic E-state index is 10.4. The van der Waals surface area contributed by atoms with Crippen LogP contribution in [0.4, 0.5) is 0 Å².